The molecule has 1 rings (SSSR count). The average molecular weight is 247 g/mol. The number of amides is 1. The van der Waals surface area contributed by atoms with Crippen molar-refractivity contribution in [3.8, 4) is 0 Å². The van der Waals surface area contributed by atoms with Crippen LogP contribution in [0.15, 0.2) is 4.99 Å². The highest BCUT2D eigenvalue weighted by molar-refractivity contribution is 5.99. The largest absolute Gasteiger partial charge is 0.481 e. The zero-order valence-corrected chi connectivity index (χ0v) is 9.03. The molecular formula is C8H13N3O6. The standard InChI is InChI=1S/C4H7N3O.C4H6O5/c1-7-2-3(8)6-4(7)5;5-2(4(8)9)1-3(6)7/h2H2,1H3,(H2,5,6,8);2,5H,1H2,(H,6,7)(H,8,9). The van der Waals surface area contributed by atoms with Gasteiger partial charge < -0.3 is 26.0 Å². The third-order valence-corrected chi connectivity index (χ3v) is 1.66. The second-order valence-electron chi connectivity index (χ2n) is 3.17. The van der Waals surface area contributed by atoms with Crippen LogP contribution in [0.25, 0.3) is 0 Å². The Morgan fingerprint density at radius 2 is 2.06 bits per heavy atom. The van der Waals surface area contributed by atoms with Gasteiger partial charge in [-0.05, 0) is 0 Å². The van der Waals surface area contributed by atoms with E-state index >= 15 is 0 Å². The molecule has 1 atom stereocenters. The molecule has 0 aromatic rings. The van der Waals surface area contributed by atoms with Gasteiger partial charge in [0.05, 0.1) is 6.42 Å². The Kier molecular flexibility index (Phi) is 5.61. The predicted molar refractivity (Wildman–Crippen MR) is 55.2 cm³/mol. The lowest BCUT2D eigenvalue weighted by Crippen LogP contribution is -2.29. The number of hydrogen-bond donors (Lipinski definition) is 4. The normalized spacial score (nSPS) is 15.8. The maximum atomic E-state index is 10.4. The molecule has 1 unspecified atom stereocenters. The highest BCUT2D eigenvalue weighted by atomic mass is 16.4. The van der Waals surface area contributed by atoms with Crippen molar-refractivity contribution in [2.75, 3.05) is 13.6 Å². The van der Waals surface area contributed by atoms with E-state index in [4.69, 9.17) is 21.1 Å². The second kappa shape index (κ2) is 6.43. The number of nitrogens with two attached hydrogens (primary N) is 1. The minimum atomic E-state index is -1.79. The number of guanidine groups is 1. The molecule has 96 valence electrons. The van der Waals surface area contributed by atoms with E-state index in [-0.39, 0.29) is 5.91 Å². The first-order valence-electron chi connectivity index (χ1n) is 4.44. The van der Waals surface area contributed by atoms with Gasteiger partial charge in [0, 0.05) is 7.05 Å². The number of carbonyl (C=O) groups excluding carboxylic acids is 1. The van der Waals surface area contributed by atoms with Crippen LogP contribution < -0.4 is 5.73 Å². The van der Waals surface area contributed by atoms with Crippen LogP contribution in [0.3, 0.4) is 0 Å². The van der Waals surface area contributed by atoms with Crippen molar-refractivity contribution in [3.63, 3.8) is 0 Å². The number of aliphatic imine (C=N–C) groups is 1. The lowest BCUT2D eigenvalue weighted by atomic mass is 10.3. The van der Waals surface area contributed by atoms with Crippen LogP contribution in [0.2, 0.25) is 0 Å². The summed E-state index contributed by atoms with van der Waals surface area (Å²) in [6.45, 7) is 0.325. The number of carbonyl (C=O) groups is 3. The number of carboxylic acid groups (broad SMARTS) is 2. The number of nitrogens with zero attached hydrogens (tertiary/aromatic N) is 2. The predicted octanol–water partition coefficient (Wildman–Crippen LogP) is -2.32. The first-order valence-corrected chi connectivity index (χ1v) is 4.44. The van der Waals surface area contributed by atoms with Gasteiger partial charge in [0.2, 0.25) is 0 Å². The van der Waals surface area contributed by atoms with E-state index in [0.29, 0.717) is 12.5 Å². The Morgan fingerprint density at radius 3 is 2.18 bits per heavy atom. The van der Waals surface area contributed by atoms with Crippen molar-refractivity contribution in [2.24, 2.45) is 10.7 Å². The van der Waals surface area contributed by atoms with Crippen LogP contribution in [0.1, 0.15) is 6.42 Å². The van der Waals surface area contributed by atoms with Crippen molar-refractivity contribution < 1.29 is 29.7 Å². The van der Waals surface area contributed by atoms with E-state index in [2.05, 4.69) is 4.99 Å². The van der Waals surface area contributed by atoms with E-state index in [1.54, 1.807) is 11.9 Å². The molecule has 17 heavy (non-hydrogen) atoms. The molecular weight excluding hydrogens is 234 g/mol. The van der Waals surface area contributed by atoms with Gasteiger partial charge in [-0.15, -0.1) is 0 Å². The van der Waals surface area contributed by atoms with Gasteiger partial charge in [-0.25, -0.2) is 4.79 Å². The number of aliphatic hydroxyl groups is 1. The highest BCUT2D eigenvalue weighted by Crippen LogP contribution is 1.93. The molecule has 0 aromatic heterocycles. The third kappa shape index (κ3) is 6.10. The Hall–Kier alpha value is -2.16. The van der Waals surface area contributed by atoms with E-state index in [9.17, 15) is 14.4 Å². The summed E-state index contributed by atoms with van der Waals surface area (Å²) in [5.74, 6) is -2.69. The fraction of sp³-hybridized carbons (Fsp3) is 0.500. The third-order valence-electron chi connectivity index (χ3n) is 1.66. The highest BCUT2D eigenvalue weighted by Gasteiger charge is 2.16. The summed E-state index contributed by atoms with van der Waals surface area (Å²) in [6.07, 6.45) is -2.54. The number of aliphatic carboxylic acids is 2. The van der Waals surface area contributed by atoms with E-state index in [1.165, 1.54) is 0 Å². The molecule has 0 aromatic carbocycles. The summed E-state index contributed by atoms with van der Waals surface area (Å²) in [6, 6.07) is 0. The molecule has 1 aliphatic heterocycles. The van der Waals surface area contributed by atoms with Crippen LogP contribution in [0.5, 0.6) is 0 Å². The molecule has 0 bridgehead atoms. The summed E-state index contributed by atoms with van der Waals surface area (Å²) < 4.78 is 0. The molecule has 1 aliphatic rings. The summed E-state index contributed by atoms with van der Waals surface area (Å²) in [5, 5.41) is 24.1. The minimum absolute atomic E-state index is 0.162. The van der Waals surface area contributed by atoms with Gasteiger partial charge in [-0.2, -0.15) is 4.99 Å². The first kappa shape index (κ1) is 14.8. The van der Waals surface area contributed by atoms with E-state index in [1.807, 2.05) is 0 Å². The molecule has 0 radical (unpaired) electrons. The molecule has 0 saturated heterocycles. The van der Waals surface area contributed by atoms with Gasteiger partial charge in [0.25, 0.3) is 5.91 Å². The van der Waals surface area contributed by atoms with Gasteiger partial charge in [0.1, 0.15) is 6.54 Å². The van der Waals surface area contributed by atoms with E-state index < -0.39 is 24.5 Å². The van der Waals surface area contributed by atoms with Crippen LogP contribution in [0.4, 0.5) is 0 Å². The molecule has 9 nitrogen and oxygen atoms in total. The second-order valence-corrected chi connectivity index (χ2v) is 3.17. The average Bonchev–Trinajstić information content (AvgIpc) is 2.43. The monoisotopic (exact) mass is 247 g/mol. The summed E-state index contributed by atoms with van der Waals surface area (Å²) in [4.78, 5) is 34.8. The Bertz CT molecular complexity index is 353. The Morgan fingerprint density at radius 1 is 1.53 bits per heavy atom. The molecule has 0 spiro atoms. The fourth-order valence-electron chi connectivity index (χ4n) is 0.785. The van der Waals surface area contributed by atoms with Gasteiger partial charge in [0.15, 0.2) is 12.1 Å². The van der Waals surface area contributed by atoms with Crippen LogP contribution in [-0.2, 0) is 14.4 Å². The topological polar surface area (TPSA) is 154 Å². The van der Waals surface area contributed by atoms with Crippen molar-refractivity contribution in [1.29, 1.82) is 0 Å². The van der Waals surface area contributed by atoms with Crippen molar-refractivity contribution >= 4 is 23.8 Å². The van der Waals surface area contributed by atoms with Gasteiger partial charge in [-0.3, -0.25) is 9.59 Å². The van der Waals surface area contributed by atoms with Crippen LogP contribution >= 0.6 is 0 Å². The van der Waals surface area contributed by atoms with Crippen LogP contribution in [-0.4, -0.2) is 63.7 Å². The lowest BCUT2D eigenvalue weighted by molar-refractivity contribution is -0.152. The number of hydrogen-bond acceptors (Lipinski definition) is 6. The lowest BCUT2D eigenvalue weighted by Gasteiger charge is -2.05. The number of likely N-dealkylation sites (N-methyl/N-ethyl adjacent to an activating group) is 1. The number of aliphatic hydroxyl groups excluding tert-OH is 1. The maximum Gasteiger partial charge on any atom is 0.333 e. The fourth-order valence-corrected chi connectivity index (χ4v) is 0.785. The molecule has 9 heteroatoms. The Labute approximate surface area is 96.2 Å². The van der Waals surface area contributed by atoms with Gasteiger partial charge >= 0.3 is 11.9 Å². The SMILES string of the molecule is CN1CC(=O)N=C1N.O=C(O)CC(O)C(=O)O. The summed E-state index contributed by atoms with van der Waals surface area (Å²) >= 11 is 0. The Balaban J connectivity index is 0.000000302. The summed E-state index contributed by atoms with van der Waals surface area (Å²) in [5.41, 5.74) is 5.22. The smallest absolute Gasteiger partial charge is 0.333 e. The minimum Gasteiger partial charge on any atom is -0.481 e. The molecule has 0 aliphatic carbocycles. The van der Waals surface area contributed by atoms with Crippen molar-refractivity contribution in [1.82, 2.24) is 4.90 Å². The molecule has 5 N–H and O–H groups in total. The number of rotatable bonds is 3. The van der Waals surface area contributed by atoms with Crippen molar-refractivity contribution in [3.05, 3.63) is 0 Å². The van der Waals surface area contributed by atoms with Gasteiger partial charge in [-0.1, -0.05) is 0 Å². The molecule has 0 fully saturated rings. The maximum absolute atomic E-state index is 10.4. The van der Waals surface area contributed by atoms with Crippen LogP contribution in [0, 0.1) is 0 Å². The number of carboxylic acids is 2. The zero-order chi connectivity index (χ0) is 13.6. The molecule has 0 saturated carbocycles. The molecule has 1 amide bonds. The zero-order valence-electron chi connectivity index (χ0n) is 9.03. The van der Waals surface area contributed by atoms with E-state index in [0.717, 1.165) is 0 Å². The summed E-state index contributed by atoms with van der Waals surface area (Å²) in [7, 11) is 1.73. The van der Waals surface area contributed by atoms with Crippen molar-refractivity contribution in [2.45, 2.75) is 12.5 Å². The quantitative estimate of drug-likeness (QED) is 0.433. The molecule has 1 heterocycles. The first-order chi connectivity index (χ1) is 7.73.